The van der Waals surface area contributed by atoms with Gasteiger partial charge in [-0.2, -0.15) is 0 Å². The molecule has 0 spiro atoms. The Labute approximate surface area is 231 Å². The molecule has 0 radical (unpaired) electrons. The fourth-order valence-corrected chi connectivity index (χ4v) is 4.95. The molecule has 1 heterocycles. The number of nitro benzene ring substituents is 1. The standard InChI is InChI=1S/C32H27N3O5/c1-39-31(36)24-17-18-29(35(37)38)30(21-24)40-20-19-28-22-34(23-33-28)32(25-11-5-2-6-12-25,26-13-7-3-8-14-26)27-15-9-4-10-16-27/h2-18,21-23H,19-20H2,1H3. The summed E-state index contributed by atoms with van der Waals surface area (Å²) in [6, 6.07) is 34.7. The number of carbonyl (C=O) groups is 1. The van der Waals surface area contributed by atoms with E-state index in [1.807, 2.05) is 67.1 Å². The van der Waals surface area contributed by atoms with Crippen LogP contribution in [0.25, 0.3) is 0 Å². The number of esters is 1. The van der Waals surface area contributed by atoms with Crippen molar-refractivity contribution in [2.75, 3.05) is 13.7 Å². The van der Waals surface area contributed by atoms with E-state index in [4.69, 9.17) is 9.47 Å². The van der Waals surface area contributed by atoms with Gasteiger partial charge >= 0.3 is 11.7 Å². The van der Waals surface area contributed by atoms with Crippen LogP contribution in [-0.4, -0.2) is 34.2 Å². The molecule has 5 aromatic rings. The van der Waals surface area contributed by atoms with Gasteiger partial charge in [0.1, 0.15) is 5.54 Å². The van der Waals surface area contributed by atoms with Crippen LogP contribution in [0.1, 0.15) is 32.7 Å². The maximum absolute atomic E-state index is 11.9. The molecule has 1 aromatic heterocycles. The van der Waals surface area contributed by atoms with Crippen LogP contribution < -0.4 is 4.74 Å². The van der Waals surface area contributed by atoms with Crippen molar-refractivity contribution >= 4 is 11.7 Å². The first-order valence-corrected chi connectivity index (χ1v) is 12.7. The van der Waals surface area contributed by atoms with Crippen molar-refractivity contribution < 1.29 is 19.2 Å². The van der Waals surface area contributed by atoms with Gasteiger partial charge in [-0.3, -0.25) is 10.1 Å². The third kappa shape index (κ3) is 5.07. The summed E-state index contributed by atoms with van der Waals surface area (Å²) in [5, 5.41) is 11.5. The number of ether oxygens (including phenoxy) is 2. The molecule has 0 aliphatic rings. The molecule has 8 nitrogen and oxygen atoms in total. The summed E-state index contributed by atoms with van der Waals surface area (Å²) in [4.78, 5) is 27.6. The van der Waals surface area contributed by atoms with Crippen molar-refractivity contribution in [2.45, 2.75) is 12.0 Å². The Hall–Kier alpha value is -5.24. The first-order chi connectivity index (χ1) is 19.5. The molecular formula is C32H27N3O5. The molecule has 0 bridgehead atoms. The summed E-state index contributed by atoms with van der Waals surface area (Å²) in [5.41, 5.74) is 3.22. The maximum atomic E-state index is 11.9. The molecule has 0 aliphatic carbocycles. The van der Waals surface area contributed by atoms with Crippen LogP contribution in [0.15, 0.2) is 122 Å². The van der Waals surface area contributed by atoms with E-state index < -0.39 is 16.4 Å². The van der Waals surface area contributed by atoms with Crippen molar-refractivity contribution in [1.82, 2.24) is 9.55 Å². The smallest absolute Gasteiger partial charge is 0.337 e. The highest BCUT2D eigenvalue weighted by molar-refractivity contribution is 5.90. The Kier molecular flexibility index (Phi) is 7.68. The highest BCUT2D eigenvalue weighted by Crippen LogP contribution is 2.40. The van der Waals surface area contributed by atoms with Crippen LogP contribution in [0.4, 0.5) is 5.69 Å². The predicted octanol–water partition coefficient (Wildman–Crippen LogP) is 6.04. The van der Waals surface area contributed by atoms with Gasteiger partial charge in [0.25, 0.3) is 0 Å². The zero-order chi connectivity index (χ0) is 28.0. The molecule has 8 heteroatoms. The Balaban J connectivity index is 1.49. The lowest BCUT2D eigenvalue weighted by molar-refractivity contribution is -0.385. The molecule has 0 aliphatic heterocycles. The second-order valence-electron chi connectivity index (χ2n) is 9.11. The fraction of sp³-hybridized carbons (Fsp3) is 0.125. The average Bonchev–Trinajstić information content (AvgIpc) is 3.47. The molecule has 0 fully saturated rings. The second kappa shape index (κ2) is 11.7. The lowest BCUT2D eigenvalue weighted by atomic mass is 9.77. The van der Waals surface area contributed by atoms with E-state index in [1.54, 1.807) is 0 Å². The molecule has 4 aromatic carbocycles. The van der Waals surface area contributed by atoms with Gasteiger partial charge in [-0.25, -0.2) is 9.78 Å². The van der Waals surface area contributed by atoms with E-state index in [2.05, 4.69) is 45.9 Å². The lowest BCUT2D eigenvalue weighted by Gasteiger charge is -2.37. The fourth-order valence-electron chi connectivity index (χ4n) is 4.95. The van der Waals surface area contributed by atoms with Gasteiger partial charge in [-0.1, -0.05) is 91.0 Å². The third-order valence-corrected chi connectivity index (χ3v) is 6.79. The summed E-state index contributed by atoms with van der Waals surface area (Å²) in [6.45, 7) is 0.123. The van der Waals surface area contributed by atoms with Crippen molar-refractivity contribution in [2.24, 2.45) is 0 Å². The minimum absolute atomic E-state index is 0.000430. The number of nitro groups is 1. The molecule has 0 atom stereocenters. The molecule has 40 heavy (non-hydrogen) atoms. The number of nitrogens with zero attached hydrogens (tertiary/aromatic N) is 3. The van der Waals surface area contributed by atoms with Gasteiger partial charge in [0.2, 0.25) is 0 Å². The van der Waals surface area contributed by atoms with E-state index in [0.29, 0.717) is 6.42 Å². The Morgan fingerprint density at radius 3 is 1.93 bits per heavy atom. The van der Waals surface area contributed by atoms with E-state index in [-0.39, 0.29) is 23.6 Å². The molecule has 0 N–H and O–H groups in total. The summed E-state index contributed by atoms with van der Waals surface area (Å²) in [5.74, 6) is -0.600. The number of aromatic nitrogens is 2. The van der Waals surface area contributed by atoms with Crippen LogP contribution in [0, 0.1) is 10.1 Å². The normalized spacial score (nSPS) is 11.1. The molecular weight excluding hydrogens is 506 g/mol. The van der Waals surface area contributed by atoms with Gasteiger partial charge in [0.05, 0.1) is 36.2 Å². The zero-order valence-corrected chi connectivity index (χ0v) is 21.8. The molecule has 200 valence electrons. The van der Waals surface area contributed by atoms with E-state index >= 15 is 0 Å². The summed E-state index contributed by atoms with van der Waals surface area (Å²) < 4.78 is 12.6. The number of hydrogen-bond donors (Lipinski definition) is 0. The minimum atomic E-state index is -0.691. The van der Waals surface area contributed by atoms with Crippen molar-refractivity contribution in [3.8, 4) is 5.75 Å². The summed E-state index contributed by atoms with van der Waals surface area (Å²) >= 11 is 0. The first kappa shape index (κ1) is 26.4. The first-order valence-electron chi connectivity index (χ1n) is 12.7. The monoisotopic (exact) mass is 533 g/mol. The third-order valence-electron chi connectivity index (χ3n) is 6.79. The topological polar surface area (TPSA) is 96.5 Å². The number of methoxy groups -OCH3 is 1. The maximum Gasteiger partial charge on any atom is 0.337 e. The Morgan fingerprint density at radius 1 is 0.875 bits per heavy atom. The highest BCUT2D eigenvalue weighted by Gasteiger charge is 2.38. The zero-order valence-electron chi connectivity index (χ0n) is 21.8. The predicted molar refractivity (Wildman–Crippen MR) is 150 cm³/mol. The van der Waals surface area contributed by atoms with Crippen molar-refractivity contribution in [3.05, 3.63) is 160 Å². The molecule has 5 rings (SSSR count). The van der Waals surface area contributed by atoms with Crippen molar-refractivity contribution in [3.63, 3.8) is 0 Å². The Morgan fingerprint density at radius 2 is 1.43 bits per heavy atom. The van der Waals surface area contributed by atoms with E-state index in [1.165, 1.54) is 25.3 Å². The quantitative estimate of drug-likeness (QED) is 0.0940. The van der Waals surface area contributed by atoms with Crippen LogP contribution >= 0.6 is 0 Å². The van der Waals surface area contributed by atoms with E-state index in [9.17, 15) is 14.9 Å². The number of hydrogen-bond acceptors (Lipinski definition) is 6. The highest BCUT2D eigenvalue weighted by atomic mass is 16.6. The van der Waals surface area contributed by atoms with Gasteiger partial charge in [-0.05, 0) is 22.8 Å². The lowest BCUT2D eigenvalue weighted by Crippen LogP contribution is -2.36. The van der Waals surface area contributed by atoms with Gasteiger partial charge in [0, 0.05) is 24.8 Å². The molecule has 0 saturated heterocycles. The number of carbonyl (C=O) groups excluding carboxylic acids is 1. The van der Waals surface area contributed by atoms with Gasteiger partial charge < -0.3 is 14.0 Å². The van der Waals surface area contributed by atoms with Crippen LogP contribution in [0.2, 0.25) is 0 Å². The van der Waals surface area contributed by atoms with Crippen LogP contribution in [-0.2, 0) is 16.7 Å². The van der Waals surface area contributed by atoms with Gasteiger partial charge in [0.15, 0.2) is 5.75 Å². The van der Waals surface area contributed by atoms with Gasteiger partial charge in [-0.15, -0.1) is 0 Å². The number of rotatable bonds is 10. The Bertz CT molecular complexity index is 1510. The largest absolute Gasteiger partial charge is 0.486 e. The minimum Gasteiger partial charge on any atom is -0.486 e. The van der Waals surface area contributed by atoms with E-state index in [0.717, 1.165) is 22.4 Å². The second-order valence-corrected chi connectivity index (χ2v) is 9.11. The van der Waals surface area contributed by atoms with Crippen LogP contribution in [0.3, 0.4) is 0 Å². The average molecular weight is 534 g/mol. The molecule has 0 amide bonds. The summed E-state index contributed by atoms with van der Waals surface area (Å²) in [7, 11) is 1.25. The summed E-state index contributed by atoms with van der Waals surface area (Å²) in [6.07, 6.45) is 4.18. The molecule has 0 unspecified atom stereocenters. The SMILES string of the molecule is COC(=O)c1ccc([N+](=O)[O-])c(OCCc2cn(C(c3ccccc3)(c3ccccc3)c3ccccc3)cn2)c1. The van der Waals surface area contributed by atoms with Crippen LogP contribution in [0.5, 0.6) is 5.75 Å². The number of benzene rings is 4. The number of imidazole rings is 1. The van der Waals surface area contributed by atoms with Crippen molar-refractivity contribution in [1.29, 1.82) is 0 Å². The molecule has 0 saturated carbocycles.